The van der Waals surface area contributed by atoms with E-state index in [2.05, 4.69) is 0 Å². The molecular weight excluding hydrogens is 216 g/mol. The van der Waals surface area contributed by atoms with E-state index in [4.69, 9.17) is 4.74 Å². The van der Waals surface area contributed by atoms with Gasteiger partial charge in [0.05, 0.1) is 0 Å². The van der Waals surface area contributed by atoms with E-state index in [1.54, 1.807) is 0 Å². The maximum atomic E-state index is 11.4. The maximum Gasteiger partial charge on any atom is 0.348 e. The van der Waals surface area contributed by atoms with Gasteiger partial charge in [0, 0.05) is 0 Å². The van der Waals surface area contributed by atoms with Crippen LogP contribution in [0.15, 0.2) is 18.2 Å². The molecule has 0 atom stereocenters. The molecule has 17 heavy (non-hydrogen) atoms. The standard InChI is InChI=1S/C14H18O3/c1-10-5-6-12(11(2)9-10)17-14(13(15)16)7-3-4-8-14/h5-6,9H,3-4,7-8H2,1-2H3,(H,15,16). The third-order valence-corrected chi connectivity index (χ3v) is 3.44. The van der Waals surface area contributed by atoms with Crippen molar-refractivity contribution >= 4 is 5.97 Å². The monoisotopic (exact) mass is 234 g/mol. The van der Waals surface area contributed by atoms with Gasteiger partial charge in [0.1, 0.15) is 5.75 Å². The van der Waals surface area contributed by atoms with Gasteiger partial charge in [0.15, 0.2) is 0 Å². The number of benzene rings is 1. The minimum absolute atomic E-state index is 0.607. The van der Waals surface area contributed by atoms with E-state index >= 15 is 0 Å². The van der Waals surface area contributed by atoms with E-state index in [1.807, 2.05) is 32.0 Å². The largest absolute Gasteiger partial charge is 0.478 e. The van der Waals surface area contributed by atoms with Gasteiger partial charge in [-0.2, -0.15) is 0 Å². The molecule has 3 nitrogen and oxygen atoms in total. The number of carboxylic acid groups (broad SMARTS) is 1. The predicted octanol–water partition coefficient (Wildman–Crippen LogP) is 3.08. The van der Waals surface area contributed by atoms with Crippen LogP contribution in [-0.2, 0) is 4.79 Å². The van der Waals surface area contributed by atoms with Gasteiger partial charge < -0.3 is 9.84 Å². The Labute approximate surface area is 101 Å². The van der Waals surface area contributed by atoms with Gasteiger partial charge in [-0.1, -0.05) is 17.7 Å². The Morgan fingerprint density at radius 1 is 1.29 bits per heavy atom. The smallest absolute Gasteiger partial charge is 0.348 e. The van der Waals surface area contributed by atoms with Crippen LogP contribution in [0.5, 0.6) is 5.75 Å². The molecule has 1 aromatic rings. The molecule has 2 rings (SSSR count). The number of aliphatic carboxylic acids is 1. The van der Waals surface area contributed by atoms with Crippen LogP contribution in [0.4, 0.5) is 0 Å². The second-order valence-corrected chi connectivity index (χ2v) is 4.88. The Hall–Kier alpha value is -1.51. The van der Waals surface area contributed by atoms with Crippen LogP contribution in [0.25, 0.3) is 0 Å². The number of carboxylic acids is 1. The van der Waals surface area contributed by atoms with Gasteiger partial charge >= 0.3 is 5.97 Å². The first-order chi connectivity index (χ1) is 8.03. The van der Waals surface area contributed by atoms with Crippen LogP contribution in [0.2, 0.25) is 0 Å². The first kappa shape index (κ1) is 12.0. The summed E-state index contributed by atoms with van der Waals surface area (Å²) in [6.07, 6.45) is 3.07. The number of rotatable bonds is 3. The molecule has 0 aromatic heterocycles. The molecule has 0 bridgehead atoms. The zero-order valence-electron chi connectivity index (χ0n) is 10.3. The van der Waals surface area contributed by atoms with Gasteiger partial charge in [0.25, 0.3) is 0 Å². The summed E-state index contributed by atoms with van der Waals surface area (Å²) in [5, 5.41) is 9.35. The average Bonchev–Trinajstić information content (AvgIpc) is 2.72. The van der Waals surface area contributed by atoms with Crippen molar-refractivity contribution in [1.82, 2.24) is 0 Å². The second-order valence-electron chi connectivity index (χ2n) is 4.88. The lowest BCUT2D eigenvalue weighted by Gasteiger charge is -2.26. The summed E-state index contributed by atoms with van der Waals surface area (Å²) in [7, 11) is 0. The lowest BCUT2D eigenvalue weighted by Crippen LogP contribution is -2.41. The molecule has 1 saturated carbocycles. The average molecular weight is 234 g/mol. The molecule has 1 aromatic carbocycles. The van der Waals surface area contributed by atoms with Crippen molar-refractivity contribution in [3.05, 3.63) is 29.3 Å². The Morgan fingerprint density at radius 3 is 2.47 bits per heavy atom. The lowest BCUT2D eigenvalue weighted by atomic mass is 10.0. The van der Waals surface area contributed by atoms with Crippen molar-refractivity contribution in [2.75, 3.05) is 0 Å². The molecular formula is C14H18O3. The molecule has 0 unspecified atom stereocenters. The van der Waals surface area contributed by atoms with Crippen LogP contribution in [0.1, 0.15) is 36.8 Å². The molecule has 3 heteroatoms. The molecule has 1 aliphatic carbocycles. The highest BCUT2D eigenvalue weighted by Gasteiger charge is 2.44. The topological polar surface area (TPSA) is 46.5 Å². The van der Waals surface area contributed by atoms with Crippen LogP contribution in [0.3, 0.4) is 0 Å². The highest BCUT2D eigenvalue weighted by atomic mass is 16.5. The summed E-state index contributed by atoms with van der Waals surface area (Å²) in [4.78, 5) is 11.4. The molecule has 92 valence electrons. The van der Waals surface area contributed by atoms with Crippen LogP contribution >= 0.6 is 0 Å². The molecule has 0 amide bonds. The van der Waals surface area contributed by atoms with Crippen LogP contribution < -0.4 is 4.74 Å². The minimum Gasteiger partial charge on any atom is -0.478 e. The van der Waals surface area contributed by atoms with Gasteiger partial charge in [-0.15, -0.1) is 0 Å². The molecule has 0 heterocycles. The van der Waals surface area contributed by atoms with E-state index in [-0.39, 0.29) is 0 Å². The summed E-state index contributed by atoms with van der Waals surface area (Å²) in [6, 6.07) is 5.83. The van der Waals surface area contributed by atoms with E-state index < -0.39 is 11.6 Å². The van der Waals surface area contributed by atoms with Crippen molar-refractivity contribution in [2.45, 2.75) is 45.1 Å². The fourth-order valence-electron chi connectivity index (χ4n) is 2.43. The molecule has 1 N–H and O–H groups in total. The highest BCUT2D eigenvalue weighted by molar-refractivity contribution is 5.78. The number of carbonyl (C=O) groups is 1. The fourth-order valence-corrected chi connectivity index (χ4v) is 2.43. The lowest BCUT2D eigenvalue weighted by molar-refractivity contribution is -0.154. The predicted molar refractivity (Wildman–Crippen MR) is 65.4 cm³/mol. The zero-order chi connectivity index (χ0) is 12.5. The quantitative estimate of drug-likeness (QED) is 0.874. The molecule has 1 fully saturated rings. The maximum absolute atomic E-state index is 11.4. The summed E-state index contributed by atoms with van der Waals surface area (Å²) in [6.45, 7) is 3.96. The molecule has 0 saturated heterocycles. The summed E-state index contributed by atoms with van der Waals surface area (Å²) >= 11 is 0. The van der Waals surface area contributed by atoms with Crippen LogP contribution in [0, 0.1) is 13.8 Å². The number of hydrogen-bond donors (Lipinski definition) is 1. The molecule has 0 aliphatic heterocycles. The van der Waals surface area contributed by atoms with Crippen molar-refractivity contribution in [3.8, 4) is 5.75 Å². The summed E-state index contributed by atoms with van der Waals surface area (Å²) in [5.41, 5.74) is 1.16. The van der Waals surface area contributed by atoms with Gasteiger partial charge in [0.2, 0.25) is 5.60 Å². The van der Waals surface area contributed by atoms with E-state index in [0.717, 1.165) is 24.0 Å². The van der Waals surface area contributed by atoms with Crippen LogP contribution in [-0.4, -0.2) is 16.7 Å². The van der Waals surface area contributed by atoms with E-state index in [9.17, 15) is 9.90 Å². The Balaban J connectivity index is 2.26. The molecule has 1 aliphatic rings. The third-order valence-electron chi connectivity index (χ3n) is 3.44. The normalized spacial score (nSPS) is 18.0. The minimum atomic E-state index is -1.000. The second kappa shape index (κ2) is 4.40. The van der Waals surface area contributed by atoms with Gasteiger partial charge in [-0.3, -0.25) is 0 Å². The van der Waals surface area contributed by atoms with Gasteiger partial charge in [-0.05, 0) is 51.2 Å². The first-order valence-corrected chi connectivity index (χ1v) is 6.03. The number of hydrogen-bond acceptors (Lipinski definition) is 2. The zero-order valence-corrected chi connectivity index (χ0v) is 10.3. The van der Waals surface area contributed by atoms with Crippen molar-refractivity contribution in [2.24, 2.45) is 0 Å². The Kier molecular flexibility index (Phi) is 3.09. The number of aryl methyl sites for hydroxylation is 2. The van der Waals surface area contributed by atoms with Gasteiger partial charge in [-0.25, -0.2) is 4.79 Å². The van der Waals surface area contributed by atoms with Crippen molar-refractivity contribution in [3.63, 3.8) is 0 Å². The SMILES string of the molecule is Cc1ccc(OC2(C(=O)O)CCCC2)c(C)c1. The fraction of sp³-hybridized carbons (Fsp3) is 0.500. The highest BCUT2D eigenvalue weighted by Crippen LogP contribution is 2.36. The summed E-state index contributed by atoms with van der Waals surface area (Å²) < 4.78 is 5.81. The first-order valence-electron chi connectivity index (χ1n) is 6.03. The third kappa shape index (κ3) is 2.28. The Bertz CT molecular complexity index is 431. The molecule has 0 radical (unpaired) electrons. The van der Waals surface area contributed by atoms with E-state index in [0.29, 0.717) is 18.6 Å². The van der Waals surface area contributed by atoms with Crippen molar-refractivity contribution in [1.29, 1.82) is 0 Å². The number of ether oxygens (including phenoxy) is 1. The molecule has 0 spiro atoms. The Morgan fingerprint density at radius 2 is 1.94 bits per heavy atom. The van der Waals surface area contributed by atoms with Crippen molar-refractivity contribution < 1.29 is 14.6 Å². The van der Waals surface area contributed by atoms with E-state index in [1.165, 1.54) is 0 Å². The summed E-state index contributed by atoms with van der Waals surface area (Å²) in [5.74, 6) is -0.144.